The Balaban J connectivity index is 1.30. The van der Waals surface area contributed by atoms with E-state index in [1.807, 2.05) is 13.1 Å². The summed E-state index contributed by atoms with van der Waals surface area (Å²) in [4.78, 5) is 2.25. The Morgan fingerprint density at radius 2 is 1.64 bits per heavy atom. The molecule has 45 heavy (non-hydrogen) atoms. The van der Waals surface area contributed by atoms with Gasteiger partial charge in [0.05, 0.1) is 5.69 Å². The number of methoxy groups -OCH3 is 2. The monoisotopic (exact) mass is 613 g/mol. The standard InChI is InChI=1S/C39H50FN2O3/c1-38(2,3)45-29-13-15-31-27(22-29)12-14-30(26-10-8-7-9-11-26)36(31)32-23-33(40)35(24-34(32)41-4)42-20-18-39(19-21-42)17-16-28(25-39)37(43-5)44-6/h7-11,13,15,22-24,28,30,36-37H,12,14,16-21,25H2,1-6H3/q-1/t28-,30-,36?/m1/s1. The first kappa shape index (κ1) is 31.9. The van der Waals surface area contributed by atoms with Crippen LogP contribution in [0.4, 0.5) is 15.8 Å². The van der Waals surface area contributed by atoms with Crippen LogP contribution in [0.5, 0.6) is 5.75 Å². The van der Waals surface area contributed by atoms with Crippen molar-refractivity contribution >= 4 is 11.4 Å². The Bertz CT molecular complexity index is 1460. The molecule has 0 N–H and O–H groups in total. The number of nitrogens with zero attached hydrogens (tertiary/aromatic N) is 2. The second-order valence-corrected chi connectivity index (χ2v) is 14.5. The van der Waals surface area contributed by atoms with Crippen LogP contribution in [0.1, 0.15) is 93.4 Å². The first-order chi connectivity index (χ1) is 21.6. The molecule has 0 radical (unpaired) electrons. The van der Waals surface area contributed by atoms with Gasteiger partial charge in [0.25, 0.3) is 0 Å². The van der Waals surface area contributed by atoms with E-state index in [1.54, 1.807) is 20.3 Å². The fourth-order valence-electron chi connectivity index (χ4n) is 8.55. The summed E-state index contributed by atoms with van der Waals surface area (Å²) >= 11 is 0. The lowest BCUT2D eigenvalue weighted by Gasteiger charge is -2.42. The minimum Gasteiger partial charge on any atom is -0.687 e. The summed E-state index contributed by atoms with van der Waals surface area (Å²) < 4.78 is 33.8. The van der Waals surface area contributed by atoms with Crippen LogP contribution in [0.25, 0.3) is 5.32 Å². The highest BCUT2D eigenvalue weighted by atomic mass is 19.1. The molecule has 6 heteroatoms. The molecule has 1 saturated heterocycles. The van der Waals surface area contributed by atoms with Gasteiger partial charge >= 0.3 is 0 Å². The molecule has 3 atom stereocenters. The van der Waals surface area contributed by atoms with Gasteiger partial charge in [0.1, 0.15) is 17.2 Å². The van der Waals surface area contributed by atoms with E-state index in [1.165, 1.54) is 23.1 Å². The van der Waals surface area contributed by atoms with Crippen LogP contribution in [0.2, 0.25) is 0 Å². The molecule has 5 nitrogen and oxygen atoms in total. The van der Waals surface area contributed by atoms with E-state index in [0.717, 1.165) is 68.6 Å². The molecule has 3 aliphatic rings. The summed E-state index contributed by atoms with van der Waals surface area (Å²) in [7, 11) is 5.31. The van der Waals surface area contributed by atoms with Crippen molar-refractivity contribution in [1.29, 1.82) is 0 Å². The molecule has 2 aliphatic carbocycles. The van der Waals surface area contributed by atoms with Crippen molar-refractivity contribution in [3.05, 3.63) is 94.1 Å². The maximum Gasteiger partial charge on any atom is 0.159 e. The molecule has 1 saturated carbocycles. The Labute approximate surface area is 269 Å². The van der Waals surface area contributed by atoms with E-state index in [-0.39, 0.29) is 29.5 Å². The Morgan fingerprint density at radius 3 is 2.31 bits per heavy atom. The normalized spacial score (nSPS) is 22.9. The lowest BCUT2D eigenvalue weighted by molar-refractivity contribution is -0.137. The van der Waals surface area contributed by atoms with Crippen molar-refractivity contribution in [2.75, 3.05) is 39.3 Å². The lowest BCUT2D eigenvalue weighted by Crippen LogP contribution is -2.40. The van der Waals surface area contributed by atoms with Gasteiger partial charge < -0.3 is 24.4 Å². The quantitative estimate of drug-likeness (QED) is 0.237. The average molecular weight is 614 g/mol. The molecule has 0 aromatic heterocycles. The molecule has 1 heterocycles. The molecular weight excluding hydrogens is 563 g/mol. The fraction of sp³-hybridized carbons (Fsp3) is 0.538. The topological polar surface area (TPSA) is 45.0 Å². The van der Waals surface area contributed by atoms with Crippen LogP contribution in [0, 0.1) is 17.2 Å². The minimum atomic E-state index is -0.272. The van der Waals surface area contributed by atoms with Crippen molar-refractivity contribution in [1.82, 2.24) is 0 Å². The average Bonchev–Trinajstić information content (AvgIpc) is 3.44. The van der Waals surface area contributed by atoms with Crippen LogP contribution >= 0.6 is 0 Å². The van der Waals surface area contributed by atoms with Crippen molar-refractivity contribution < 1.29 is 18.6 Å². The van der Waals surface area contributed by atoms with Crippen molar-refractivity contribution in [2.24, 2.45) is 11.3 Å². The Hall–Kier alpha value is -3.09. The van der Waals surface area contributed by atoms with Gasteiger partial charge in [-0.3, -0.25) is 0 Å². The third-order valence-electron chi connectivity index (χ3n) is 10.7. The number of hydrogen-bond acceptors (Lipinski definition) is 4. The maximum absolute atomic E-state index is 16.4. The highest BCUT2D eigenvalue weighted by Gasteiger charge is 2.44. The van der Waals surface area contributed by atoms with Gasteiger partial charge in [-0.1, -0.05) is 48.0 Å². The number of hydrogen-bond donors (Lipinski definition) is 0. The molecule has 3 aromatic rings. The van der Waals surface area contributed by atoms with E-state index >= 15 is 4.39 Å². The number of benzene rings is 3. The second-order valence-electron chi connectivity index (χ2n) is 14.5. The summed E-state index contributed by atoms with van der Waals surface area (Å²) in [6, 6.07) is 21.0. The van der Waals surface area contributed by atoms with E-state index in [0.29, 0.717) is 17.0 Å². The molecule has 1 unspecified atom stereocenters. The van der Waals surface area contributed by atoms with Gasteiger partial charge in [-0.15, -0.1) is 12.7 Å². The summed E-state index contributed by atoms with van der Waals surface area (Å²) in [6.07, 6.45) is 7.37. The number of ether oxygens (including phenoxy) is 3. The predicted molar refractivity (Wildman–Crippen MR) is 181 cm³/mol. The van der Waals surface area contributed by atoms with Crippen molar-refractivity contribution in [3.8, 4) is 5.75 Å². The van der Waals surface area contributed by atoms with Crippen LogP contribution in [0.3, 0.4) is 0 Å². The van der Waals surface area contributed by atoms with Crippen LogP contribution < -0.4 is 9.64 Å². The van der Waals surface area contributed by atoms with Gasteiger partial charge in [-0.05, 0) is 112 Å². The van der Waals surface area contributed by atoms with Crippen LogP contribution in [0.15, 0.2) is 60.7 Å². The first-order valence-electron chi connectivity index (χ1n) is 16.7. The van der Waals surface area contributed by atoms with E-state index in [4.69, 9.17) is 19.5 Å². The van der Waals surface area contributed by atoms with Gasteiger partial charge in [0.2, 0.25) is 0 Å². The highest BCUT2D eigenvalue weighted by Crippen LogP contribution is 2.53. The minimum absolute atomic E-state index is 0.00310. The molecule has 6 rings (SSSR count). The van der Waals surface area contributed by atoms with Crippen LogP contribution in [-0.4, -0.2) is 46.2 Å². The lowest BCUT2D eigenvalue weighted by atomic mass is 9.69. The molecule has 0 amide bonds. The molecule has 1 spiro atoms. The zero-order valence-corrected chi connectivity index (χ0v) is 27.9. The second kappa shape index (κ2) is 13.0. The van der Waals surface area contributed by atoms with Crippen LogP contribution in [-0.2, 0) is 15.9 Å². The van der Waals surface area contributed by atoms with Gasteiger partial charge in [-0.25, -0.2) is 4.39 Å². The number of aryl methyl sites for hydroxylation is 1. The van der Waals surface area contributed by atoms with Gasteiger partial charge in [0.15, 0.2) is 6.29 Å². The number of halogens is 1. The van der Waals surface area contributed by atoms with Crippen molar-refractivity contribution in [2.45, 2.75) is 89.4 Å². The molecule has 242 valence electrons. The predicted octanol–water partition coefficient (Wildman–Crippen LogP) is 9.51. The number of rotatable bonds is 8. The zero-order chi connectivity index (χ0) is 31.8. The molecule has 1 aliphatic heterocycles. The SMILES string of the molecule is C[N-]c1cc(N2CCC3(CC[C@@H](C(OC)OC)C3)CC2)c(F)cc1C1c2ccc(OC(C)(C)C)cc2CC[C@@H]1c1ccccc1. The summed E-state index contributed by atoms with van der Waals surface area (Å²) in [5.41, 5.74) is 6.36. The third-order valence-corrected chi connectivity index (χ3v) is 10.7. The smallest absolute Gasteiger partial charge is 0.159 e. The maximum atomic E-state index is 16.4. The zero-order valence-electron chi connectivity index (χ0n) is 27.9. The first-order valence-corrected chi connectivity index (χ1v) is 16.7. The fourth-order valence-corrected chi connectivity index (χ4v) is 8.55. The Morgan fingerprint density at radius 1 is 0.911 bits per heavy atom. The molecule has 2 fully saturated rings. The van der Waals surface area contributed by atoms with E-state index < -0.39 is 0 Å². The Kier molecular flexibility index (Phi) is 9.18. The van der Waals surface area contributed by atoms with E-state index in [2.05, 4.69) is 74.2 Å². The highest BCUT2D eigenvalue weighted by molar-refractivity contribution is 5.68. The third kappa shape index (κ3) is 6.59. The number of fused-ring (bicyclic) bond motifs is 1. The summed E-state index contributed by atoms with van der Waals surface area (Å²) in [5, 5.41) is 4.78. The van der Waals surface area contributed by atoms with Crippen molar-refractivity contribution in [3.63, 3.8) is 0 Å². The molecule has 3 aromatic carbocycles. The summed E-state index contributed by atoms with van der Waals surface area (Å²) in [6.45, 7) is 7.93. The van der Waals surface area contributed by atoms with Gasteiger partial charge in [-0.2, -0.15) is 0 Å². The molecular formula is C39H50FN2O3-. The number of piperidine rings is 1. The van der Waals surface area contributed by atoms with Gasteiger partial charge in [0, 0.05) is 39.1 Å². The number of anilines is 1. The van der Waals surface area contributed by atoms with E-state index in [9.17, 15) is 0 Å². The largest absolute Gasteiger partial charge is 0.687 e. The summed E-state index contributed by atoms with van der Waals surface area (Å²) in [5.74, 6) is 1.39. The molecule has 0 bridgehead atoms.